The topological polar surface area (TPSA) is 96.0 Å². The van der Waals surface area contributed by atoms with Crippen LogP contribution in [0, 0.1) is 6.92 Å². The van der Waals surface area contributed by atoms with Gasteiger partial charge in [0.25, 0.3) is 10.0 Å². The van der Waals surface area contributed by atoms with Crippen LogP contribution < -0.4 is 14.4 Å². The number of nitrogens with one attached hydrogen (secondary N) is 1. The maximum absolute atomic E-state index is 14.5. The highest BCUT2D eigenvalue weighted by molar-refractivity contribution is 7.92. The van der Waals surface area contributed by atoms with E-state index in [4.69, 9.17) is 16.3 Å². The third-order valence-electron chi connectivity index (χ3n) is 7.22. The second-order valence-electron chi connectivity index (χ2n) is 11.0. The van der Waals surface area contributed by atoms with Crippen LogP contribution in [-0.2, 0) is 32.6 Å². The molecule has 0 radical (unpaired) electrons. The molecule has 0 bridgehead atoms. The van der Waals surface area contributed by atoms with Crippen molar-refractivity contribution in [1.82, 2.24) is 10.2 Å². The first-order valence-corrected chi connectivity index (χ1v) is 16.4. The Kier molecular flexibility index (Phi) is 11.3. The molecule has 0 aliphatic heterocycles. The minimum absolute atomic E-state index is 0.0411. The maximum atomic E-state index is 14.5. The van der Waals surface area contributed by atoms with E-state index in [0.29, 0.717) is 10.8 Å². The number of hydrogen-bond acceptors (Lipinski definition) is 5. The molecule has 10 heteroatoms. The molecule has 236 valence electrons. The van der Waals surface area contributed by atoms with Gasteiger partial charge in [-0.25, -0.2) is 8.42 Å². The van der Waals surface area contributed by atoms with Crippen LogP contribution in [0.2, 0.25) is 5.02 Å². The lowest BCUT2D eigenvalue weighted by atomic mass is 10.0. The van der Waals surface area contributed by atoms with Gasteiger partial charge in [-0.2, -0.15) is 0 Å². The Balaban J connectivity index is 1.80. The minimum Gasteiger partial charge on any atom is -0.497 e. The number of hydrogen-bond donors (Lipinski definition) is 1. The second kappa shape index (κ2) is 15.1. The molecule has 0 saturated carbocycles. The normalized spacial score (nSPS) is 12.0. The number of benzene rings is 4. The molecule has 0 spiro atoms. The number of amides is 2. The Morgan fingerprint density at radius 2 is 1.47 bits per heavy atom. The molecular formula is C35H38ClN3O5S. The summed E-state index contributed by atoms with van der Waals surface area (Å²) in [6.45, 7) is 5.08. The minimum atomic E-state index is -4.19. The molecule has 4 aromatic carbocycles. The summed E-state index contributed by atoms with van der Waals surface area (Å²) in [7, 11) is -2.68. The number of carbonyl (C=O) groups excluding carboxylic acids is 2. The van der Waals surface area contributed by atoms with Crippen molar-refractivity contribution in [1.29, 1.82) is 0 Å². The van der Waals surface area contributed by atoms with Gasteiger partial charge in [-0.3, -0.25) is 13.9 Å². The molecule has 0 aromatic heterocycles. The van der Waals surface area contributed by atoms with Crippen molar-refractivity contribution in [2.75, 3.05) is 18.0 Å². The predicted molar refractivity (Wildman–Crippen MR) is 178 cm³/mol. The molecule has 0 unspecified atom stereocenters. The second-order valence-corrected chi connectivity index (χ2v) is 13.3. The van der Waals surface area contributed by atoms with Crippen LogP contribution in [0.1, 0.15) is 30.5 Å². The van der Waals surface area contributed by atoms with E-state index in [-0.39, 0.29) is 35.5 Å². The molecule has 8 nitrogen and oxygen atoms in total. The molecule has 0 aliphatic rings. The summed E-state index contributed by atoms with van der Waals surface area (Å²) < 4.78 is 34.6. The Morgan fingerprint density at radius 1 is 0.844 bits per heavy atom. The largest absolute Gasteiger partial charge is 0.497 e. The summed E-state index contributed by atoms with van der Waals surface area (Å²) in [5, 5.41) is 3.48. The highest BCUT2D eigenvalue weighted by Crippen LogP contribution is 2.27. The number of rotatable bonds is 13. The first-order valence-electron chi connectivity index (χ1n) is 14.6. The van der Waals surface area contributed by atoms with Gasteiger partial charge in [-0.1, -0.05) is 71.8 Å². The highest BCUT2D eigenvalue weighted by Gasteiger charge is 2.34. The third-order valence-corrected chi connectivity index (χ3v) is 9.26. The van der Waals surface area contributed by atoms with E-state index >= 15 is 0 Å². The van der Waals surface area contributed by atoms with E-state index in [9.17, 15) is 18.0 Å². The van der Waals surface area contributed by atoms with E-state index in [1.165, 1.54) is 24.1 Å². The Bertz CT molecular complexity index is 1680. The number of halogens is 1. The SMILES string of the molecule is COc1ccc(N(CC(=O)N(Cc2ccc(Cl)cc2)[C@@H](Cc2ccccc2)C(=O)NC(C)C)S(=O)(=O)c2ccc(C)cc2)cc1. The van der Waals surface area contributed by atoms with E-state index in [2.05, 4.69) is 5.32 Å². The van der Waals surface area contributed by atoms with Gasteiger partial charge in [-0.05, 0) is 80.4 Å². The van der Waals surface area contributed by atoms with Gasteiger partial charge in [0.2, 0.25) is 11.8 Å². The Morgan fingerprint density at radius 3 is 2.04 bits per heavy atom. The molecule has 1 N–H and O–H groups in total. The molecule has 0 fully saturated rings. The fraction of sp³-hybridized carbons (Fsp3) is 0.257. The zero-order valence-electron chi connectivity index (χ0n) is 25.8. The number of ether oxygens (including phenoxy) is 1. The van der Waals surface area contributed by atoms with Crippen molar-refractivity contribution in [3.8, 4) is 5.75 Å². The maximum Gasteiger partial charge on any atom is 0.264 e. The van der Waals surface area contributed by atoms with Crippen LogP contribution >= 0.6 is 11.6 Å². The summed E-state index contributed by atoms with van der Waals surface area (Å²) in [6, 6.07) is 28.2. The first kappa shape index (κ1) is 33.6. The number of methoxy groups -OCH3 is 1. The van der Waals surface area contributed by atoms with Crippen molar-refractivity contribution in [3.05, 3.63) is 125 Å². The van der Waals surface area contributed by atoms with Gasteiger partial charge < -0.3 is 15.0 Å². The lowest BCUT2D eigenvalue weighted by Gasteiger charge is -2.34. The predicted octanol–water partition coefficient (Wildman–Crippen LogP) is 6.02. The van der Waals surface area contributed by atoms with Crippen LogP contribution in [0.4, 0.5) is 5.69 Å². The Hall–Kier alpha value is -4.34. The van der Waals surface area contributed by atoms with Gasteiger partial charge in [0.15, 0.2) is 0 Å². The van der Waals surface area contributed by atoms with Crippen LogP contribution in [0.3, 0.4) is 0 Å². The van der Waals surface area contributed by atoms with E-state index in [1.807, 2.05) is 51.1 Å². The number of sulfonamides is 1. The zero-order chi connectivity index (χ0) is 32.6. The van der Waals surface area contributed by atoms with E-state index in [0.717, 1.165) is 21.0 Å². The zero-order valence-corrected chi connectivity index (χ0v) is 27.4. The van der Waals surface area contributed by atoms with Gasteiger partial charge in [-0.15, -0.1) is 0 Å². The fourth-order valence-corrected chi connectivity index (χ4v) is 6.38. The van der Waals surface area contributed by atoms with Crippen LogP contribution in [0.15, 0.2) is 108 Å². The smallest absolute Gasteiger partial charge is 0.264 e. The lowest BCUT2D eigenvalue weighted by molar-refractivity contribution is -0.140. The lowest BCUT2D eigenvalue weighted by Crippen LogP contribution is -2.54. The van der Waals surface area contributed by atoms with E-state index in [1.54, 1.807) is 60.7 Å². The first-order chi connectivity index (χ1) is 21.5. The molecule has 0 saturated heterocycles. The number of anilines is 1. The number of aryl methyl sites for hydroxylation is 1. The summed E-state index contributed by atoms with van der Waals surface area (Å²) in [4.78, 5) is 29.7. The number of carbonyl (C=O) groups is 2. The highest BCUT2D eigenvalue weighted by atomic mass is 35.5. The summed E-state index contributed by atoms with van der Waals surface area (Å²) in [5.74, 6) is -0.347. The average molecular weight is 648 g/mol. The standard InChI is InChI=1S/C35H38ClN3O5S/c1-25(2)37-35(41)33(22-27-8-6-5-7-9-27)38(23-28-12-14-29(36)15-13-28)34(40)24-39(30-16-18-31(44-4)19-17-30)45(42,43)32-20-10-26(3)11-21-32/h5-21,25,33H,22-24H2,1-4H3,(H,37,41)/t33-/m0/s1. The van der Waals surface area contributed by atoms with Crippen molar-refractivity contribution in [2.24, 2.45) is 0 Å². The fourth-order valence-electron chi connectivity index (χ4n) is 4.84. The monoisotopic (exact) mass is 647 g/mol. The van der Waals surface area contributed by atoms with Crippen LogP contribution in [0.25, 0.3) is 0 Å². The van der Waals surface area contributed by atoms with Crippen LogP contribution in [0.5, 0.6) is 5.75 Å². The molecule has 0 heterocycles. The van der Waals surface area contributed by atoms with Gasteiger partial charge in [0.05, 0.1) is 17.7 Å². The molecule has 0 aliphatic carbocycles. The quantitative estimate of drug-likeness (QED) is 0.192. The summed E-state index contributed by atoms with van der Waals surface area (Å²) >= 11 is 6.14. The summed E-state index contributed by atoms with van der Waals surface area (Å²) in [6.07, 6.45) is 0.228. The molecule has 4 aromatic rings. The third kappa shape index (κ3) is 8.86. The van der Waals surface area contributed by atoms with Crippen molar-refractivity contribution >= 4 is 39.1 Å². The molecule has 4 rings (SSSR count). The number of nitrogens with zero attached hydrogens (tertiary/aromatic N) is 2. The van der Waals surface area contributed by atoms with Crippen molar-refractivity contribution in [3.63, 3.8) is 0 Å². The van der Waals surface area contributed by atoms with Gasteiger partial charge >= 0.3 is 0 Å². The van der Waals surface area contributed by atoms with E-state index < -0.39 is 28.5 Å². The average Bonchev–Trinajstić information content (AvgIpc) is 3.02. The summed E-state index contributed by atoms with van der Waals surface area (Å²) in [5.41, 5.74) is 2.77. The molecule has 1 atom stereocenters. The molecule has 45 heavy (non-hydrogen) atoms. The van der Waals surface area contributed by atoms with Crippen molar-refractivity contribution < 1.29 is 22.7 Å². The molecule has 2 amide bonds. The Labute approximate surface area is 270 Å². The van der Waals surface area contributed by atoms with Crippen molar-refractivity contribution in [2.45, 2.75) is 50.7 Å². The van der Waals surface area contributed by atoms with Gasteiger partial charge in [0, 0.05) is 24.0 Å². The van der Waals surface area contributed by atoms with Gasteiger partial charge in [0.1, 0.15) is 18.3 Å². The van der Waals surface area contributed by atoms with Crippen LogP contribution in [-0.4, -0.2) is 50.9 Å². The molecular weight excluding hydrogens is 610 g/mol.